The average molecular weight is 323 g/mol. The molecule has 5 heteroatoms. The van der Waals surface area contributed by atoms with E-state index in [9.17, 15) is 9.18 Å². The van der Waals surface area contributed by atoms with Gasteiger partial charge in [0.2, 0.25) is 5.91 Å². The van der Waals surface area contributed by atoms with Gasteiger partial charge in [-0.25, -0.2) is 9.37 Å². The van der Waals surface area contributed by atoms with Gasteiger partial charge in [-0.15, -0.1) is 0 Å². The van der Waals surface area contributed by atoms with Crippen LogP contribution in [0, 0.1) is 5.82 Å². The molecule has 0 fully saturated rings. The predicted molar refractivity (Wildman–Crippen MR) is 89.7 cm³/mol. The molecule has 0 aliphatic rings. The molecule has 0 aliphatic heterocycles. The maximum atomic E-state index is 13.2. The highest BCUT2D eigenvalue weighted by molar-refractivity contribution is 5.79. The van der Waals surface area contributed by atoms with E-state index >= 15 is 0 Å². The third-order valence-electron chi connectivity index (χ3n) is 3.83. The molecule has 0 radical (unpaired) electrons. The standard InChI is InChI=1S/C19H18FN3O/c1-23-12-11-21-19(23)18(15-7-9-16(20)10-8-15)22-17(24)13-14-5-3-2-4-6-14/h2-12,18H,13H2,1H3,(H,22,24)/t18-/m1/s1. The van der Waals surface area contributed by atoms with Gasteiger partial charge in [0.25, 0.3) is 0 Å². The number of aromatic nitrogens is 2. The summed E-state index contributed by atoms with van der Waals surface area (Å²) >= 11 is 0. The molecule has 1 aromatic heterocycles. The summed E-state index contributed by atoms with van der Waals surface area (Å²) in [6.45, 7) is 0. The van der Waals surface area contributed by atoms with Gasteiger partial charge in [-0.2, -0.15) is 0 Å². The van der Waals surface area contributed by atoms with E-state index in [1.807, 2.05) is 48.1 Å². The van der Waals surface area contributed by atoms with Crippen LogP contribution < -0.4 is 5.32 Å². The van der Waals surface area contributed by atoms with Crippen molar-refractivity contribution in [3.63, 3.8) is 0 Å². The van der Waals surface area contributed by atoms with Gasteiger partial charge in [0, 0.05) is 19.4 Å². The second kappa shape index (κ2) is 7.08. The lowest BCUT2D eigenvalue weighted by Gasteiger charge is -2.19. The van der Waals surface area contributed by atoms with E-state index in [0.717, 1.165) is 11.1 Å². The number of amides is 1. The van der Waals surface area contributed by atoms with Gasteiger partial charge in [-0.05, 0) is 23.3 Å². The SMILES string of the molecule is Cn1ccnc1[C@H](NC(=O)Cc1ccccc1)c1ccc(F)cc1. The number of halogens is 1. The summed E-state index contributed by atoms with van der Waals surface area (Å²) in [5, 5.41) is 3.00. The van der Waals surface area contributed by atoms with Crippen molar-refractivity contribution in [3.8, 4) is 0 Å². The summed E-state index contributed by atoms with van der Waals surface area (Å²) < 4.78 is 15.1. The molecule has 1 atom stereocenters. The van der Waals surface area contributed by atoms with Crippen molar-refractivity contribution in [3.05, 3.63) is 89.8 Å². The zero-order valence-corrected chi connectivity index (χ0v) is 13.3. The van der Waals surface area contributed by atoms with Crippen molar-refractivity contribution in [2.75, 3.05) is 0 Å². The van der Waals surface area contributed by atoms with E-state index in [2.05, 4.69) is 10.3 Å². The highest BCUT2D eigenvalue weighted by atomic mass is 19.1. The predicted octanol–water partition coefficient (Wildman–Crippen LogP) is 3.01. The zero-order chi connectivity index (χ0) is 16.9. The van der Waals surface area contributed by atoms with Crippen LogP contribution in [0.25, 0.3) is 0 Å². The van der Waals surface area contributed by atoms with E-state index in [-0.39, 0.29) is 18.1 Å². The normalized spacial score (nSPS) is 11.9. The monoisotopic (exact) mass is 323 g/mol. The van der Waals surface area contributed by atoms with Gasteiger partial charge in [0.1, 0.15) is 17.7 Å². The first-order chi connectivity index (χ1) is 11.6. The summed E-state index contributed by atoms with van der Waals surface area (Å²) in [5.74, 6) is 0.273. The number of benzene rings is 2. The molecule has 0 saturated heterocycles. The molecular formula is C19H18FN3O. The fourth-order valence-electron chi connectivity index (χ4n) is 2.60. The molecule has 122 valence electrons. The number of aryl methyl sites for hydroxylation is 1. The molecule has 2 aromatic carbocycles. The first-order valence-corrected chi connectivity index (χ1v) is 7.69. The molecule has 0 spiro atoms. The lowest BCUT2D eigenvalue weighted by Crippen LogP contribution is -2.32. The van der Waals surface area contributed by atoms with Crippen LogP contribution in [-0.4, -0.2) is 15.5 Å². The molecule has 0 saturated carbocycles. The topological polar surface area (TPSA) is 46.9 Å². The van der Waals surface area contributed by atoms with Crippen LogP contribution in [0.15, 0.2) is 67.0 Å². The Morgan fingerprint density at radius 1 is 1.17 bits per heavy atom. The van der Waals surface area contributed by atoms with Crippen LogP contribution in [-0.2, 0) is 18.3 Å². The first kappa shape index (κ1) is 15.9. The lowest BCUT2D eigenvalue weighted by atomic mass is 10.0. The van der Waals surface area contributed by atoms with E-state index in [1.54, 1.807) is 18.3 Å². The van der Waals surface area contributed by atoms with Crippen molar-refractivity contribution in [1.29, 1.82) is 0 Å². The Morgan fingerprint density at radius 3 is 2.50 bits per heavy atom. The van der Waals surface area contributed by atoms with Crippen molar-refractivity contribution in [2.24, 2.45) is 7.05 Å². The lowest BCUT2D eigenvalue weighted by molar-refractivity contribution is -0.121. The molecule has 1 heterocycles. The second-order valence-electron chi connectivity index (χ2n) is 5.61. The van der Waals surface area contributed by atoms with Crippen LogP contribution in [0.2, 0.25) is 0 Å². The van der Waals surface area contributed by atoms with Crippen LogP contribution in [0.5, 0.6) is 0 Å². The van der Waals surface area contributed by atoms with Crippen LogP contribution in [0.4, 0.5) is 4.39 Å². The van der Waals surface area contributed by atoms with Crippen molar-refractivity contribution < 1.29 is 9.18 Å². The number of nitrogens with one attached hydrogen (secondary N) is 1. The average Bonchev–Trinajstić information content (AvgIpc) is 3.00. The van der Waals surface area contributed by atoms with E-state index in [1.165, 1.54) is 12.1 Å². The maximum Gasteiger partial charge on any atom is 0.225 e. The molecule has 4 nitrogen and oxygen atoms in total. The third-order valence-corrected chi connectivity index (χ3v) is 3.83. The van der Waals surface area contributed by atoms with E-state index < -0.39 is 6.04 Å². The summed E-state index contributed by atoms with van der Waals surface area (Å²) in [6, 6.07) is 15.2. The molecule has 24 heavy (non-hydrogen) atoms. The molecule has 1 N–H and O–H groups in total. The van der Waals surface area contributed by atoms with E-state index in [4.69, 9.17) is 0 Å². The maximum absolute atomic E-state index is 13.2. The quantitative estimate of drug-likeness (QED) is 0.784. The first-order valence-electron chi connectivity index (χ1n) is 7.69. The number of rotatable bonds is 5. The number of carbonyl (C=O) groups is 1. The fraction of sp³-hybridized carbons (Fsp3) is 0.158. The van der Waals surface area contributed by atoms with Gasteiger partial charge >= 0.3 is 0 Å². The molecule has 3 rings (SSSR count). The number of hydrogen-bond donors (Lipinski definition) is 1. The van der Waals surface area contributed by atoms with Crippen LogP contribution >= 0.6 is 0 Å². The van der Waals surface area contributed by atoms with Gasteiger partial charge in [-0.3, -0.25) is 4.79 Å². The minimum absolute atomic E-state index is 0.112. The number of nitrogens with zero attached hydrogens (tertiary/aromatic N) is 2. The molecular weight excluding hydrogens is 305 g/mol. The van der Waals surface area contributed by atoms with E-state index in [0.29, 0.717) is 5.82 Å². The smallest absolute Gasteiger partial charge is 0.225 e. The number of hydrogen-bond acceptors (Lipinski definition) is 2. The summed E-state index contributed by atoms with van der Waals surface area (Å²) in [7, 11) is 1.86. The number of imidazole rings is 1. The molecule has 0 aliphatic carbocycles. The summed E-state index contributed by atoms with van der Waals surface area (Å²) in [6.07, 6.45) is 3.77. The summed E-state index contributed by atoms with van der Waals surface area (Å²) in [5.41, 5.74) is 1.72. The minimum atomic E-state index is -0.429. The Bertz CT molecular complexity index is 812. The highest BCUT2D eigenvalue weighted by Crippen LogP contribution is 2.21. The van der Waals surface area contributed by atoms with Crippen molar-refractivity contribution >= 4 is 5.91 Å². The Labute approximate surface area is 140 Å². The number of carbonyl (C=O) groups excluding carboxylic acids is 1. The fourth-order valence-corrected chi connectivity index (χ4v) is 2.60. The van der Waals surface area contributed by atoms with Crippen LogP contribution in [0.3, 0.4) is 0 Å². The van der Waals surface area contributed by atoms with Gasteiger partial charge in [0.05, 0.1) is 6.42 Å². The Hall–Kier alpha value is -2.95. The van der Waals surface area contributed by atoms with Gasteiger partial charge in [0.15, 0.2) is 0 Å². The Kier molecular flexibility index (Phi) is 4.70. The molecule has 3 aromatic rings. The highest BCUT2D eigenvalue weighted by Gasteiger charge is 2.20. The Morgan fingerprint density at radius 2 is 1.88 bits per heavy atom. The molecule has 0 bridgehead atoms. The largest absolute Gasteiger partial charge is 0.342 e. The minimum Gasteiger partial charge on any atom is -0.342 e. The van der Waals surface area contributed by atoms with Crippen molar-refractivity contribution in [2.45, 2.75) is 12.5 Å². The Balaban J connectivity index is 1.84. The third kappa shape index (κ3) is 3.68. The van der Waals surface area contributed by atoms with Crippen molar-refractivity contribution in [1.82, 2.24) is 14.9 Å². The van der Waals surface area contributed by atoms with Gasteiger partial charge in [-0.1, -0.05) is 42.5 Å². The summed E-state index contributed by atoms with van der Waals surface area (Å²) in [4.78, 5) is 16.8. The van der Waals surface area contributed by atoms with Gasteiger partial charge < -0.3 is 9.88 Å². The molecule has 1 amide bonds. The van der Waals surface area contributed by atoms with Crippen LogP contribution in [0.1, 0.15) is 23.0 Å². The molecule has 0 unspecified atom stereocenters. The second-order valence-corrected chi connectivity index (χ2v) is 5.61. The zero-order valence-electron chi connectivity index (χ0n) is 13.3.